The van der Waals surface area contributed by atoms with Crippen molar-refractivity contribution < 1.29 is 13.6 Å². The molecule has 3 nitrogen and oxygen atoms in total. The van der Waals surface area contributed by atoms with Gasteiger partial charge in [-0.15, -0.1) is 0 Å². The quantitative estimate of drug-likeness (QED) is 0.930. The number of halogens is 2. The van der Waals surface area contributed by atoms with Gasteiger partial charge < -0.3 is 5.32 Å². The van der Waals surface area contributed by atoms with Crippen LogP contribution in [0.1, 0.15) is 44.0 Å². The van der Waals surface area contributed by atoms with Crippen molar-refractivity contribution in [2.75, 3.05) is 0 Å². The summed E-state index contributed by atoms with van der Waals surface area (Å²) >= 11 is 0. The number of carbonyl (C=O) groups excluding carboxylic acids is 1. The molecule has 0 atom stereocenters. The van der Waals surface area contributed by atoms with Crippen molar-refractivity contribution in [2.24, 2.45) is 0 Å². The number of aromatic nitrogens is 1. The molecule has 0 saturated carbocycles. The molecule has 2 aromatic rings. The zero-order chi connectivity index (χ0) is 15.6. The fourth-order valence-corrected chi connectivity index (χ4v) is 2.33. The first kappa shape index (κ1) is 15.4. The zero-order valence-corrected chi connectivity index (χ0v) is 12.3. The van der Waals surface area contributed by atoms with E-state index in [1.165, 1.54) is 18.3 Å². The Bertz CT molecular complexity index is 683. The maximum absolute atomic E-state index is 13.6. The van der Waals surface area contributed by atoms with Crippen molar-refractivity contribution in [1.82, 2.24) is 10.3 Å². The minimum atomic E-state index is -0.995. The van der Waals surface area contributed by atoms with Crippen LogP contribution in [0.4, 0.5) is 8.78 Å². The second kappa shape index (κ2) is 5.76. The lowest BCUT2D eigenvalue weighted by Gasteiger charge is -2.25. The summed E-state index contributed by atoms with van der Waals surface area (Å²) in [7, 11) is 0. The van der Waals surface area contributed by atoms with E-state index >= 15 is 0 Å². The predicted molar refractivity (Wildman–Crippen MR) is 78.1 cm³/mol. The third kappa shape index (κ3) is 3.35. The third-order valence-electron chi connectivity index (χ3n) is 3.33. The van der Waals surface area contributed by atoms with Crippen molar-refractivity contribution in [1.29, 1.82) is 0 Å². The smallest absolute Gasteiger partial charge is 0.253 e. The topological polar surface area (TPSA) is 42.0 Å². The molecule has 112 valence electrons. The Morgan fingerprint density at radius 1 is 1.33 bits per heavy atom. The maximum Gasteiger partial charge on any atom is 0.253 e. The minimum absolute atomic E-state index is 0.0700. The lowest BCUT2D eigenvalue weighted by Crippen LogP contribution is -2.43. The number of nitrogens with zero attached hydrogens (tertiary/aromatic N) is 1. The van der Waals surface area contributed by atoms with Crippen LogP contribution < -0.4 is 5.32 Å². The van der Waals surface area contributed by atoms with Crippen molar-refractivity contribution in [2.45, 2.75) is 39.2 Å². The maximum atomic E-state index is 13.6. The number of hydrogen-bond acceptors (Lipinski definition) is 2. The summed E-state index contributed by atoms with van der Waals surface area (Å²) in [4.78, 5) is 16.1. The molecule has 0 radical (unpaired) electrons. The van der Waals surface area contributed by atoms with E-state index < -0.39 is 11.6 Å². The fraction of sp³-hybridized carbons (Fsp3) is 0.375. The number of rotatable bonds is 4. The molecule has 1 N–H and O–H groups in total. The van der Waals surface area contributed by atoms with Crippen LogP contribution in [0.2, 0.25) is 0 Å². The van der Waals surface area contributed by atoms with E-state index in [9.17, 15) is 13.6 Å². The Labute approximate surface area is 122 Å². The summed E-state index contributed by atoms with van der Waals surface area (Å²) < 4.78 is 26.7. The van der Waals surface area contributed by atoms with Gasteiger partial charge in [-0.1, -0.05) is 13.3 Å². The first-order chi connectivity index (χ1) is 9.84. The highest BCUT2D eigenvalue weighted by Gasteiger charge is 2.20. The molecule has 2 rings (SSSR count). The van der Waals surface area contributed by atoms with Gasteiger partial charge in [0.15, 0.2) is 11.6 Å². The highest BCUT2D eigenvalue weighted by molar-refractivity contribution is 5.97. The molecular formula is C16H18F2N2O. The fourth-order valence-electron chi connectivity index (χ4n) is 2.33. The molecule has 0 saturated heterocycles. The van der Waals surface area contributed by atoms with Crippen LogP contribution >= 0.6 is 0 Å². The summed E-state index contributed by atoms with van der Waals surface area (Å²) in [5, 5.41) is 3.32. The summed E-state index contributed by atoms with van der Waals surface area (Å²) in [6, 6.07) is 3.96. The molecule has 1 amide bonds. The Hall–Kier alpha value is -2.04. The summed E-state index contributed by atoms with van der Waals surface area (Å²) in [5.41, 5.74) is -0.0634. The van der Waals surface area contributed by atoms with Gasteiger partial charge in [0, 0.05) is 17.1 Å². The number of amides is 1. The Morgan fingerprint density at radius 2 is 2.05 bits per heavy atom. The number of nitrogens with one attached hydrogen (secondary N) is 1. The molecule has 0 spiro atoms. The van der Waals surface area contributed by atoms with Gasteiger partial charge in [-0.05, 0) is 38.5 Å². The van der Waals surface area contributed by atoms with Crippen LogP contribution in [0, 0.1) is 11.6 Å². The van der Waals surface area contributed by atoms with E-state index in [2.05, 4.69) is 10.3 Å². The third-order valence-corrected chi connectivity index (χ3v) is 3.33. The van der Waals surface area contributed by atoms with Crippen LogP contribution in [-0.2, 0) is 0 Å². The van der Waals surface area contributed by atoms with Crippen LogP contribution in [-0.4, -0.2) is 16.4 Å². The van der Waals surface area contributed by atoms with Crippen LogP contribution in [0.15, 0.2) is 24.4 Å². The Balaban J connectivity index is 2.31. The lowest BCUT2D eigenvalue weighted by atomic mass is 9.98. The average molecular weight is 292 g/mol. The Morgan fingerprint density at radius 3 is 2.71 bits per heavy atom. The number of pyridine rings is 1. The van der Waals surface area contributed by atoms with Crippen molar-refractivity contribution in [3.63, 3.8) is 0 Å². The molecule has 0 aliphatic rings. The molecule has 21 heavy (non-hydrogen) atoms. The van der Waals surface area contributed by atoms with Gasteiger partial charge in [-0.3, -0.25) is 9.78 Å². The monoisotopic (exact) mass is 292 g/mol. The van der Waals surface area contributed by atoms with Crippen LogP contribution in [0.25, 0.3) is 10.9 Å². The Kier molecular flexibility index (Phi) is 4.21. The van der Waals surface area contributed by atoms with Crippen LogP contribution in [0.5, 0.6) is 0 Å². The van der Waals surface area contributed by atoms with Gasteiger partial charge >= 0.3 is 0 Å². The molecule has 0 aliphatic carbocycles. The van der Waals surface area contributed by atoms with Crippen molar-refractivity contribution in [3.05, 3.63) is 41.6 Å². The largest absolute Gasteiger partial charge is 0.347 e. The normalized spacial score (nSPS) is 11.7. The molecule has 1 heterocycles. The first-order valence-electron chi connectivity index (χ1n) is 6.90. The number of benzene rings is 1. The zero-order valence-electron chi connectivity index (χ0n) is 12.3. The standard InChI is InChI=1S/C16H18F2N2O/c1-4-7-16(2,3)20-15(21)11-8-10-5-6-12(17)13(18)14(10)19-9-11/h5-6,8-9H,4,7H2,1-3H3,(H,20,21). The number of carbonyl (C=O) groups is 1. The second-order valence-electron chi connectivity index (χ2n) is 5.75. The highest BCUT2D eigenvalue weighted by atomic mass is 19.2. The average Bonchev–Trinajstić information content (AvgIpc) is 2.42. The minimum Gasteiger partial charge on any atom is -0.347 e. The molecule has 1 aromatic carbocycles. The van der Waals surface area contributed by atoms with E-state index in [4.69, 9.17) is 0 Å². The summed E-state index contributed by atoms with van der Waals surface area (Å²) in [6.07, 6.45) is 3.07. The van der Waals surface area contributed by atoms with E-state index in [1.807, 2.05) is 20.8 Å². The molecular weight excluding hydrogens is 274 g/mol. The van der Waals surface area contributed by atoms with Crippen molar-refractivity contribution in [3.8, 4) is 0 Å². The number of fused-ring (bicyclic) bond motifs is 1. The van der Waals surface area contributed by atoms with Gasteiger partial charge in [0.1, 0.15) is 5.52 Å². The van der Waals surface area contributed by atoms with E-state index in [0.717, 1.165) is 18.9 Å². The van der Waals surface area contributed by atoms with Gasteiger partial charge in [-0.25, -0.2) is 8.78 Å². The molecule has 0 unspecified atom stereocenters. The van der Waals surface area contributed by atoms with Gasteiger partial charge in [0.05, 0.1) is 5.56 Å². The highest BCUT2D eigenvalue weighted by Crippen LogP contribution is 2.20. The van der Waals surface area contributed by atoms with Crippen LogP contribution in [0.3, 0.4) is 0 Å². The van der Waals surface area contributed by atoms with Gasteiger partial charge in [0.2, 0.25) is 0 Å². The molecule has 0 bridgehead atoms. The van der Waals surface area contributed by atoms with E-state index in [1.54, 1.807) is 0 Å². The predicted octanol–water partition coefficient (Wildman–Crippen LogP) is 3.82. The first-order valence-corrected chi connectivity index (χ1v) is 6.90. The van der Waals surface area contributed by atoms with E-state index in [0.29, 0.717) is 10.9 Å². The van der Waals surface area contributed by atoms with Gasteiger partial charge in [-0.2, -0.15) is 0 Å². The van der Waals surface area contributed by atoms with E-state index in [-0.39, 0.29) is 17.0 Å². The molecule has 0 fully saturated rings. The molecule has 0 aliphatic heterocycles. The summed E-state index contributed by atoms with van der Waals surface area (Å²) in [5.74, 6) is -2.21. The second-order valence-corrected chi connectivity index (χ2v) is 5.75. The van der Waals surface area contributed by atoms with Gasteiger partial charge in [0.25, 0.3) is 5.91 Å². The lowest BCUT2D eigenvalue weighted by molar-refractivity contribution is 0.0909. The summed E-state index contributed by atoms with van der Waals surface area (Å²) in [6.45, 7) is 5.93. The molecule has 5 heteroatoms. The van der Waals surface area contributed by atoms with Crippen molar-refractivity contribution >= 4 is 16.8 Å². The molecule has 1 aromatic heterocycles. The SMILES string of the molecule is CCCC(C)(C)NC(=O)c1cnc2c(F)c(F)ccc2c1. The number of hydrogen-bond donors (Lipinski definition) is 1.